The SMILES string of the molecule is CCC(N)C(=O)N(C)Cc1ccc(C#N)cc1. The van der Waals surface area contributed by atoms with Gasteiger partial charge in [0.1, 0.15) is 0 Å². The molecule has 0 spiro atoms. The highest BCUT2D eigenvalue weighted by molar-refractivity contribution is 5.81. The predicted octanol–water partition coefficient (Wildman–Crippen LogP) is 1.25. The first kappa shape index (κ1) is 13.2. The number of benzene rings is 1. The second-order valence-corrected chi connectivity index (χ2v) is 4.02. The Bertz CT molecular complexity index is 419. The second-order valence-electron chi connectivity index (χ2n) is 4.02. The third-order valence-corrected chi connectivity index (χ3v) is 2.64. The van der Waals surface area contributed by atoms with E-state index in [-0.39, 0.29) is 5.91 Å². The summed E-state index contributed by atoms with van der Waals surface area (Å²) in [5.41, 5.74) is 7.29. The molecule has 0 saturated heterocycles. The molecule has 4 nitrogen and oxygen atoms in total. The van der Waals surface area contributed by atoms with Crippen molar-refractivity contribution in [3.8, 4) is 6.07 Å². The maximum Gasteiger partial charge on any atom is 0.239 e. The summed E-state index contributed by atoms with van der Waals surface area (Å²) < 4.78 is 0. The molecule has 2 N–H and O–H groups in total. The standard InChI is InChI=1S/C13H17N3O/c1-3-12(15)13(17)16(2)9-11-6-4-10(8-14)5-7-11/h4-7,12H,3,9,15H2,1-2H3. The maximum atomic E-state index is 11.8. The molecule has 0 aliphatic rings. The number of hydrogen-bond donors (Lipinski definition) is 1. The van der Waals surface area contributed by atoms with Crippen molar-refractivity contribution < 1.29 is 4.79 Å². The van der Waals surface area contributed by atoms with E-state index in [9.17, 15) is 4.79 Å². The van der Waals surface area contributed by atoms with E-state index in [1.807, 2.05) is 19.1 Å². The Labute approximate surface area is 102 Å². The Kier molecular flexibility index (Phi) is 4.68. The van der Waals surface area contributed by atoms with Crippen LogP contribution in [0.3, 0.4) is 0 Å². The third kappa shape index (κ3) is 3.58. The quantitative estimate of drug-likeness (QED) is 0.847. The van der Waals surface area contributed by atoms with Crippen molar-refractivity contribution in [2.24, 2.45) is 5.73 Å². The van der Waals surface area contributed by atoms with E-state index in [1.165, 1.54) is 0 Å². The molecule has 0 fully saturated rings. The van der Waals surface area contributed by atoms with Crippen molar-refractivity contribution in [2.75, 3.05) is 7.05 Å². The van der Waals surface area contributed by atoms with Gasteiger partial charge in [-0.1, -0.05) is 19.1 Å². The van der Waals surface area contributed by atoms with Crippen molar-refractivity contribution in [1.82, 2.24) is 4.90 Å². The minimum absolute atomic E-state index is 0.0585. The topological polar surface area (TPSA) is 70.1 Å². The number of nitriles is 1. The van der Waals surface area contributed by atoms with Crippen molar-refractivity contribution in [3.63, 3.8) is 0 Å². The fraction of sp³-hybridized carbons (Fsp3) is 0.385. The molecular weight excluding hydrogens is 214 g/mol. The predicted molar refractivity (Wildman–Crippen MR) is 65.9 cm³/mol. The molecule has 4 heteroatoms. The zero-order valence-electron chi connectivity index (χ0n) is 10.2. The molecule has 0 aliphatic heterocycles. The molecule has 1 aromatic rings. The summed E-state index contributed by atoms with van der Waals surface area (Å²) in [5, 5.41) is 8.67. The molecule has 1 rings (SSSR count). The van der Waals surface area contributed by atoms with Crippen LogP contribution in [-0.4, -0.2) is 23.9 Å². The molecule has 0 aromatic heterocycles. The molecule has 1 atom stereocenters. The largest absolute Gasteiger partial charge is 0.340 e. The Balaban J connectivity index is 2.65. The van der Waals surface area contributed by atoms with E-state index in [0.717, 1.165) is 5.56 Å². The Morgan fingerprint density at radius 3 is 2.53 bits per heavy atom. The van der Waals surface area contributed by atoms with Gasteiger partial charge in [-0.15, -0.1) is 0 Å². The molecule has 0 saturated carbocycles. The highest BCUT2D eigenvalue weighted by atomic mass is 16.2. The second kappa shape index (κ2) is 6.02. The van der Waals surface area contributed by atoms with Gasteiger partial charge in [0.05, 0.1) is 17.7 Å². The Morgan fingerprint density at radius 1 is 1.47 bits per heavy atom. The summed E-state index contributed by atoms with van der Waals surface area (Å²) >= 11 is 0. The summed E-state index contributed by atoms with van der Waals surface area (Å²) in [6.45, 7) is 2.40. The number of nitrogens with two attached hydrogens (primary N) is 1. The van der Waals surface area contributed by atoms with E-state index in [2.05, 4.69) is 6.07 Å². The molecule has 17 heavy (non-hydrogen) atoms. The zero-order chi connectivity index (χ0) is 12.8. The van der Waals surface area contributed by atoms with Crippen LogP contribution in [-0.2, 0) is 11.3 Å². The first-order valence-electron chi connectivity index (χ1n) is 5.58. The normalized spacial score (nSPS) is 11.6. The molecule has 1 unspecified atom stereocenters. The number of carbonyl (C=O) groups is 1. The van der Waals surface area contributed by atoms with Gasteiger partial charge >= 0.3 is 0 Å². The number of carbonyl (C=O) groups excluding carboxylic acids is 1. The highest BCUT2D eigenvalue weighted by Gasteiger charge is 2.15. The average Bonchev–Trinajstić information content (AvgIpc) is 2.37. The van der Waals surface area contributed by atoms with Crippen LogP contribution in [0.1, 0.15) is 24.5 Å². The van der Waals surface area contributed by atoms with Crippen LogP contribution in [0.5, 0.6) is 0 Å². The summed E-state index contributed by atoms with van der Waals surface area (Å²) in [4.78, 5) is 13.4. The third-order valence-electron chi connectivity index (χ3n) is 2.64. The number of rotatable bonds is 4. The van der Waals surface area contributed by atoms with Gasteiger partial charge in [-0.05, 0) is 24.1 Å². The van der Waals surface area contributed by atoms with Gasteiger partial charge in [0, 0.05) is 13.6 Å². The van der Waals surface area contributed by atoms with E-state index in [4.69, 9.17) is 11.0 Å². The summed E-state index contributed by atoms with van der Waals surface area (Å²) in [6, 6.07) is 8.81. The lowest BCUT2D eigenvalue weighted by molar-refractivity contribution is -0.131. The summed E-state index contributed by atoms with van der Waals surface area (Å²) in [7, 11) is 1.73. The van der Waals surface area contributed by atoms with Crippen molar-refractivity contribution in [1.29, 1.82) is 5.26 Å². The molecular formula is C13H17N3O. The van der Waals surface area contributed by atoms with Crippen molar-refractivity contribution in [2.45, 2.75) is 25.9 Å². The number of amides is 1. The molecule has 0 heterocycles. The monoisotopic (exact) mass is 231 g/mol. The molecule has 90 valence electrons. The van der Waals surface area contributed by atoms with Gasteiger partial charge < -0.3 is 10.6 Å². The molecule has 0 radical (unpaired) electrons. The van der Waals surface area contributed by atoms with Crippen LogP contribution >= 0.6 is 0 Å². The van der Waals surface area contributed by atoms with Gasteiger partial charge in [-0.25, -0.2) is 0 Å². The number of nitrogens with zero attached hydrogens (tertiary/aromatic N) is 2. The van der Waals surface area contributed by atoms with Crippen molar-refractivity contribution >= 4 is 5.91 Å². The van der Waals surface area contributed by atoms with Crippen LogP contribution in [0.2, 0.25) is 0 Å². The van der Waals surface area contributed by atoms with Crippen LogP contribution < -0.4 is 5.73 Å². The first-order chi connectivity index (χ1) is 8.08. The van der Waals surface area contributed by atoms with Crippen LogP contribution in [0, 0.1) is 11.3 Å². The minimum atomic E-state index is -0.432. The average molecular weight is 231 g/mol. The molecule has 1 aromatic carbocycles. The smallest absolute Gasteiger partial charge is 0.239 e. The molecule has 0 bridgehead atoms. The minimum Gasteiger partial charge on any atom is -0.340 e. The lowest BCUT2D eigenvalue weighted by atomic mass is 10.1. The molecule has 1 amide bonds. The van der Waals surface area contributed by atoms with Gasteiger partial charge in [-0.2, -0.15) is 5.26 Å². The van der Waals surface area contributed by atoms with Gasteiger partial charge in [0.15, 0.2) is 0 Å². The fourth-order valence-corrected chi connectivity index (χ4v) is 1.49. The van der Waals surface area contributed by atoms with Gasteiger partial charge in [-0.3, -0.25) is 4.79 Å². The van der Waals surface area contributed by atoms with Crippen LogP contribution in [0.15, 0.2) is 24.3 Å². The van der Waals surface area contributed by atoms with Crippen LogP contribution in [0.25, 0.3) is 0 Å². The maximum absolute atomic E-state index is 11.8. The van der Waals surface area contributed by atoms with E-state index in [0.29, 0.717) is 18.5 Å². The van der Waals surface area contributed by atoms with Crippen LogP contribution in [0.4, 0.5) is 0 Å². The Morgan fingerprint density at radius 2 is 2.06 bits per heavy atom. The lowest BCUT2D eigenvalue weighted by Gasteiger charge is -2.20. The van der Waals surface area contributed by atoms with E-state index < -0.39 is 6.04 Å². The van der Waals surface area contributed by atoms with Gasteiger partial charge in [0.2, 0.25) is 5.91 Å². The number of likely N-dealkylation sites (N-methyl/N-ethyl adjacent to an activating group) is 1. The first-order valence-corrected chi connectivity index (χ1v) is 5.58. The highest BCUT2D eigenvalue weighted by Crippen LogP contribution is 2.07. The van der Waals surface area contributed by atoms with Gasteiger partial charge in [0.25, 0.3) is 0 Å². The molecule has 0 aliphatic carbocycles. The Hall–Kier alpha value is -1.86. The zero-order valence-corrected chi connectivity index (χ0v) is 10.2. The summed E-state index contributed by atoms with van der Waals surface area (Å²) in [5.74, 6) is -0.0585. The lowest BCUT2D eigenvalue weighted by Crippen LogP contribution is -2.40. The summed E-state index contributed by atoms with van der Waals surface area (Å²) in [6.07, 6.45) is 0.635. The van der Waals surface area contributed by atoms with E-state index in [1.54, 1.807) is 24.1 Å². The van der Waals surface area contributed by atoms with E-state index >= 15 is 0 Å². The fourth-order valence-electron chi connectivity index (χ4n) is 1.49. The van der Waals surface area contributed by atoms with Crippen molar-refractivity contribution in [3.05, 3.63) is 35.4 Å². The number of hydrogen-bond acceptors (Lipinski definition) is 3.